The Bertz CT molecular complexity index is 392. The van der Waals surface area contributed by atoms with Crippen LogP contribution < -0.4 is 4.90 Å². The first-order chi connectivity index (χ1) is 9.20. The summed E-state index contributed by atoms with van der Waals surface area (Å²) in [5.41, 5.74) is 4.20. The maximum atomic E-state index is 2.62. The molecule has 1 aliphatic heterocycles. The molecule has 0 amide bonds. The van der Waals surface area contributed by atoms with E-state index in [0.717, 1.165) is 0 Å². The number of hydrogen-bond acceptors (Lipinski definition) is 2. The molecule has 1 fully saturated rings. The van der Waals surface area contributed by atoms with Crippen LogP contribution in [-0.4, -0.2) is 37.6 Å². The molecule has 0 aromatic heterocycles. The molecular formula is C17H28N2. The van der Waals surface area contributed by atoms with Gasteiger partial charge in [-0.3, -0.25) is 4.90 Å². The average molecular weight is 260 g/mol. The highest BCUT2D eigenvalue weighted by Gasteiger charge is 2.16. The smallest absolute Gasteiger partial charge is 0.0369 e. The Balaban J connectivity index is 1.84. The van der Waals surface area contributed by atoms with E-state index in [1.165, 1.54) is 68.8 Å². The molecule has 1 aromatic carbocycles. The number of nitrogens with zero attached hydrogens (tertiary/aromatic N) is 2. The zero-order valence-electron chi connectivity index (χ0n) is 12.8. The van der Waals surface area contributed by atoms with Gasteiger partial charge < -0.3 is 4.90 Å². The molecular weight excluding hydrogens is 232 g/mol. The summed E-state index contributed by atoms with van der Waals surface area (Å²) in [6, 6.07) is 6.86. The number of benzene rings is 1. The molecule has 0 N–H and O–H groups in total. The van der Waals surface area contributed by atoms with Crippen LogP contribution in [0.5, 0.6) is 0 Å². The number of hydrogen-bond donors (Lipinski definition) is 0. The van der Waals surface area contributed by atoms with Gasteiger partial charge in [0, 0.05) is 31.9 Å². The van der Waals surface area contributed by atoms with Gasteiger partial charge in [-0.1, -0.05) is 25.8 Å². The molecule has 0 spiro atoms. The third-order valence-electron chi connectivity index (χ3n) is 4.31. The molecule has 1 saturated heterocycles. The summed E-state index contributed by atoms with van der Waals surface area (Å²) < 4.78 is 0. The largest absolute Gasteiger partial charge is 0.369 e. The Morgan fingerprint density at radius 1 is 0.947 bits per heavy atom. The van der Waals surface area contributed by atoms with E-state index in [-0.39, 0.29) is 0 Å². The van der Waals surface area contributed by atoms with Gasteiger partial charge in [-0.15, -0.1) is 0 Å². The Kier molecular flexibility index (Phi) is 5.26. The molecule has 0 saturated carbocycles. The lowest BCUT2D eigenvalue weighted by Crippen LogP contribution is -2.46. The van der Waals surface area contributed by atoms with E-state index in [9.17, 15) is 0 Å². The molecule has 1 aliphatic rings. The van der Waals surface area contributed by atoms with Crippen LogP contribution in [0.3, 0.4) is 0 Å². The first-order valence-corrected chi connectivity index (χ1v) is 7.75. The molecule has 1 heterocycles. The van der Waals surface area contributed by atoms with Crippen molar-refractivity contribution in [1.82, 2.24) is 4.90 Å². The number of aryl methyl sites for hydroxylation is 2. The summed E-state index contributed by atoms with van der Waals surface area (Å²) in [4.78, 5) is 5.15. The van der Waals surface area contributed by atoms with Gasteiger partial charge in [0.1, 0.15) is 0 Å². The Labute approximate surface area is 118 Å². The van der Waals surface area contributed by atoms with E-state index in [4.69, 9.17) is 0 Å². The maximum absolute atomic E-state index is 2.62. The normalized spacial score (nSPS) is 16.9. The summed E-state index contributed by atoms with van der Waals surface area (Å²) in [5.74, 6) is 0. The van der Waals surface area contributed by atoms with Crippen molar-refractivity contribution in [2.24, 2.45) is 0 Å². The molecule has 2 nitrogen and oxygen atoms in total. The summed E-state index contributed by atoms with van der Waals surface area (Å²) in [5, 5.41) is 0. The predicted octanol–water partition coefficient (Wildman–Crippen LogP) is 3.62. The van der Waals surface area contributed by atoms with Crippen LogP contribution in [0, 0.1) is 13.8 Å². The van der Waals surface area contributed by atoms with Crippen molar-refractivity contribution in [1.29, 1.82) is 0 Å². The SMILES string of the molecule is CCCCCN1CCN(c2ccc(C)c(C)c2)CC1. The van der Waals surface area contributed by atoms with Crippen molar-refractivity contribution in [2.45, 2.75) is 40.0 Å². The van der Waals surface area contributed by atoms with Crippen LogP contribution in [0.15, 0.2) is 18.2 Å². The maximum Gasteiger partial charge on any atom is 0.0369 e. The van der Waals surface area contributed by atoms with E-state index >= 15 is 0 Å². The predicted molar refractivity (Wildman–Crippen MR) is 84.1 cm³/mol. The molecule has 0 radical (unpaired) electrons. The number of anilines is 1. The van der Waals surface area contributed by atoms with Crippen LogP contribution in [0.2, 0.25) is 0 Å². The molecule has 19 heavy (non-hydrogen) atoms. The van der Waals surface area contributed by atoms with Gasteiger partial charge in [-0.2, -0.15) is 0 Å². The highest BCUT2D eigenvalue weighted by Crippen LogP contribution is 2.20. The third-order valence-corrected chi connectivity index (χ3v) is 4.31. The van der Waals surface area contributed by atoms with E-state index < -0.39 is 0 Å². The van der Waals surface area contributed by atoms with Crippen LogP contribution in [0.25, 0.3) is 0 Å². The van der Waals surface area contributed by atoms with Crippen molar-refractivity contribution < 1.29 is 0 Å². The first kappa shape index (κ1) is 14.4. The van der Waals surface area contributed by atoms with E-state index in [0.29, 0.717) is 0 Å². The Hall–Kier alpha value is -1.02. The molecule has 0 bridgehead atoms. The topological polar surface area (TPSA) is 6.48 Å². The van der Waals surface area contributed by atoms with Crippen molar-refractivity contribution in [3.8, 4) is 0 Å². The third kappa shape index (κ3) is 3.97. The lowest BCUT2D eigenvalue weighted by Gasteiger charge is -2.36. The average Bonchev–Trinajstić information content (AvgIpc) is 2.43. The van der Waals surface area contributed by atoms with E-state index in [1.54, 1.807) is 0 Å². The Morgan fingerprint density at radius 2 is 1.68 bits per heavy atom. The number of rotatable bonds is 5. The minimum Gasteiger partial charge on any atom is -0.369 e. The lowest BCUT2D eigenvalue weighted by atomic mass is 10.1. The zero-order chi connectivity index (χ0) is 13.7. The first-order valence-electron chi connectivity index (χ1n) is 7.75. The fraction of sp³-hybridized carbons (Fsp3) is 0.647. The fourth-order valence-corrected chi connectivity index (χ4v) is 2.74. The van der Waals surface area contributed by atoms with Gasteiger partial charge in [0.15, 0.2) is 0 Å². The lowest BCUT2D eigenvalue weighted by molar-refractivity contribution is 0.252. The van der Waals surface area contributed by atoms with E-state index in [1.807, 2.05) is 0 Å². The Morgan fingerprint density at radius 3 is 2.32 bits per heavy atom. The van der Waals surface area contributed by atoms with Crippen molar-refractivity contribution in [3.05, 3.63) is 29.3 Å². The second-order valence-electron chi connectivity index (χ2n) is 5.80. The van der Waals surface area contributed by atoms with Crippen molar-refractivity contribution >= 4 is 5.69 Å². The van der Waals surface area contributed by atoms with Crippen molar-refractivity contribution in [3.63, 3.8) is 0 Å². The minimum atomic E-state index is 1.18. The summed E-state index contributed by atoms with van der Waals surface area (Å²) >= 11 is 0. The fourth-order valence-electron chi connectivity index (χ4n) is 2.74. The van der Waals surface area contributed by atoms with Crippen LogP contribution in [-0.2, 0) is 0 Å². The molecule has 0 unspecified atom stereocenters. The quantitative estimate of drug-likeness (QED) is 0.746. The van der Waals surface area contributed by atoms with Crippen LogP contribution >= 0.6 is 0 Å². The summed E-state index contributed by atoms with van der Waals surface area (Å²) in [6.07, 6.45) is 4.06. The van der Waals surface area contributed by atoms with Gasteiger partial charge >= 0.3 is 0 Å². The standard InChI is InChI=1S/C17H28N2/c1-4-5-6-9-18-10-12-19(13-11-18)17-8-7-15(2)16(3)14-17/h7-8,14H,4-6,9-13H2,1-3H3. The molecule has 1 aromatic rings. The van der Waals surface area contributed by atoms with Gasteiger partial charge in [-0.05, 0) is 50.1 Å². The number of unbranched alkanes of at least 4 members (excludes halogenated alkanes) is 2. The van der Waals surface area contributed by atoms with Gasteiger partial charge in [0.05, 0.1) is 0 Å². The second kappa shape index (κ2) is 6.95. The van der Waals surface area contributed by atoms with Crippen LogP contribution in [0.1, 0.15) is 37.3 Å². The van der Waals surface area contributed by atoms with Crippen LogP contribution in [0.4, 0.5) is 5.69 Å². The highest BCUT2D eigenvalue weighted by molar-refractivity contribution is 5.50. The van der Waals surface area contributed by atoms with Gasteiger partial charge in [0.25, 0.3) is 0 Å². The minimum absolute atomic E-state index is 1.18. The zero-order valence-corrected chi connectivity index (χ0v) is 12.8. The highest BCUT2D eigenvalue weighted by atomic mass is 15.3. The summed E-state index contributed by atoms with van der Waals surface area (Å²) in [7, 11) is 0. The van der Waals surface area contributed by atoms with E-state index in [2.05, 4.69) is 48.8 Å². The second-order valence-corrected chi connectivity index (χ2v) is 5.80. The van der Waals surface area contributed by atoms with Crippen molar-refractivity contribution in [2.75, 3.05) is 37.6 Å². The molecule has 2 rings (SSSR count). The molecule has 0 atom stereocenters. The molecule has 0 aliphatic carbocycles. The summed E-state index contributed by atoms with van der Waals surface area (Å²) in [6.45, 7) is 12.7. The molecule has 106 valence electrons. The van der Waals surface area contributed by atoms with Gasteiger partial charge in [0.2, 0.25) is 0 Å². The monoisotopic (exact) mass is 260 g/mol. The van der Waals surface area contributed by atoms with Gasteiger partial charge in [-0.25, -0.2) is 0 Å². The number of piperazine rings is 1. The molecule has 2 heteroatoms.